The second-order valence-electron chi connectivity index (χ2n) is 1.63. The van der Waals surface area contributed by atoms with Gasteiger partial charge in [0.25, 0.3) is 0 Å². The molecule has 0 aromatic carbocycles. The molecule has 0 heterocycles. The summed E-state index contributed by atoms with van der Waals surface area (Å²) in [5, 5.41) is 0. The van der Waals surface area contributed by atoms with E-state index in [0.717, 1.165) is 0 Å². The smallest absolute Gasteiger partial charge is 0.499 e. The van der Waals surface area contributed by atoms with E-state index in [1.807, 2.05) is 6.92 Å². The maximum atomic E-state index is 10.7. The molecule has 0 N–H and O–H groups in total. The number of ether oxygens (including phenoxy) is 1. The maximum Gasteiger partial charge on any atom is 0.769 e. The Morgan fingerprint density at radius 3 is 2.73 bits per heavy atom. The Morgan fingerprint density at radius 1 is 1.73 bits per heavy atom. The Morgan fingerprint density at radius 2 is 2.36 bits per heavy atom. The predicted octanol–water partition coefficient (Wildman–Crippen LogP) is 0.613. The van der Waals surface area contributed by atoms with Gasteiger partial charge >= 0.3 is 9.17 Å². The molecule has 1 atom stereocenters. The minimum atomic E-state index is -2.41. The molecular formula is C6H12O4Si. The summed E-state index contributed by atoms with van der Waals surface area (Å²) >= 11 is 0. The Bertz CT molecular complexity index is 137. The van der Waals surface area contributed by atoms with E-state index in [2.05, 4.69) is 11.0 Å². The molecule has 5 heteroatoms. The molecular weight excluding hydrogens is 164 g/mol. The third kappa shape index (κ3) is 4.69. The zero-order chi connectivity index (χ0) is 8.69. The second kappa shape index (κ2) is 6.05. The van der Waals surface area contributed by atoms with Crippen LogP contribution in [0.25, 0.3) is 0 Å². The van der Waals surface area contributed by atoms with Crippen molar-refractivity contribution < 1.29 is 18.1 Å². The lowest BCUT2D eigenvalue weighted by molar-refractivity contribution is -0.0573. The Kier molecular flexibility index (Phi) is 5.68. The highest BCUT2D eigenvalue weighted by Crippen LogP contribution is 1.95. The van der Waals surface area contributed by atoms with Crippen molar-refractivity contribution in [2.75, 3.05) is 13.7 Å². The van der Waals surface area contributed by atoms with E-state index in [-0.39, 0.29) is 0 Å². The molecule has 0 saturated carbocycles. The summed E-state index contributed by atoms with van der Waals surface area (Å²) in [6.07, 6.45) is 0.789. The molecule has 0 aromatic heterocycles. The van der Waals surface area contributed by atoms with E-state index >= 15 is 0 Å². The molecule has 64 valence electrons. The first-order valence-electron chi connectivity index (χ1n) is 3.23. The topological polar surface area (TPSA) is 44.8 Å². The van der Waals surface area contributed by atoms with Crippen molar-refractivity contribution >= 4 is 9.17 Å². The van der Waals surface area contributed by atoms with Gasteiger partial charge in [0.15, 0.2) is 0 Å². The predicted molar refractivity (Wildman–Crippen MR) is 40.1 cm³/mol. The van der Waals surface area contributed by atoms with Crippen molar-refractivity contribution in [3.05, 3.63) is 12.7 Å². The summed E-state index contributed by atoms with van der Waals surface area (Å²) in [6.45, 7) is 5.73. The van der Waals surface area contributed by atoms with Crippen molar-refractivity contribution in [3.63, 3.8) is 0 Å². The van der Waals surface area contributed by atoms with Crippen LogP contribution >= 0.6 is 0 Å². The normalized spacial score (nSPS) is 11.8. The van der Waals surface area contributed by atoms with Crippen molar-refractivity contribution in [1.29, 1.82) is 0 Å². The Labute approximate surface area is 67.7 Å². The maximum absolute atomic E-state index is 10.7. The Balaban J connectivity index is 3.67. The van der Waals surface area contributed by atoms with Crippen LogP contribution in [-0.4, -0.2) is 29.2 Å². The minimum absolute atomic E-state index is 0.482. The zero-order valence-electron chi connectivity index (χ0n) is 6.70. The van der Waals surface area contributed by atoms with Gasteiger partial charge in [-0.05, 0) is 13.0 Å². The zero-order valence-corrected chi connectivity index (χ0v) is 7.70. The molecule has 0 aliphatic rings. The van der Waals surface area contributed by atoms with Crippen molar-refractivity contribution in [3.8, 4) is 0 Å². The second-order valence-corrected chi connectivity index (χ2v) is 2.78. The molecule has 1 unspecified atom stereocenters. The van der Waals surface area contributed by atoms with Gasteiger partial charge in [-0.25, -0.2) is 0 Å². The number of hydrogen-bond donors (Lipinski definition) is 0. The van der Waals surface area contributed by atoms with Crippen LogP contribution < -0.4 is 0 Å². The van der Waals surface area contributed by atoms with Gasteiger partial charge in [0.1, 0.15) is 0 Å². The first kappa shape index (κ1) is 10.3. The van der Waals surface area contributed by atoms with Gasteiger partial charge in [0.05, 0.1) is 7.11 Å². The summed E-state index contributed by atoms with van der Waals surface area (Å²) < 4.78 is 24.8. The fraction of sp³-hybridized carbons (Fsp3) is 0.667. The molecule has 0 amide bonds. The van der Waals surface area contributed by atoms with Gasteiger partial charge in [-0.1, -0.05) is 6.58 Å². The fourth-order valence-electron chi connectivity index (χ4n) is 0.457. The lowest BCUT2D eigenvalue weighted by atomic mass is 10.6. The number of hydrogen-bond acceptors (Lipinski definition) is 4. The van der Waals surface area contributed by atoms with E-state index in [1.165, 1.54) is 13.2 Å². The molecule has 0 saturated heterocycles. The van der Waals surface area contributed by atoms with Crippen LogP contribution in [0.2, 0.25) is 0 Å². The van der Waals surface area contributed by atoms with E-state index in [1.54, 1.807) is 0 Å². The van der Waals surface area contributed by atoms with E-state index < -0.39 is 15.5 Å². The van der Waals surface area contributed by atoms with Gasteiger partial charge in [0.2, 0.25) is 6.29 Å². The lowest BCUT2D eigenvalue weighted by Crippen LogP contribution is -2.21. The molecule has 0 rings (SSSR count). The first-order chi connectivity index (χ1) is 5.24. The number of rotatable bonds is 6. The van der Waals surface area contributed by atoms with Crippen LogP contribution in [0.3, 0.4) is 0 Å². The quantitative estimate of drug-likeness (QED) is 0.338. The molecule has 0 fully saturated rings. The van der Waals surface area contributed by atoms with Gasteiger partial charge in [0, 0.05) is 6.61 Å². The highest BCUT2D eigenvalue weighted by molar-refractivity contribution is 6.26. The molecule has 4 nitrogen and oxygen atoms in total. The standard InChI is InChI=1S/C6H12O4Si/c1-4-6(9-5-2)10-11(7)8-3/h4,6H,1,5H2,2-3H3. The van der Waals surface area contributed by atoms with Crippen LogP contribution in [0.4, 0.5) is 0 Å². The highest BCUT2D eigenvalue weighted by atomic mass is 28.3. The highest BCUT2D eigenvalue weighted by Gasteiger charge is 2.14. The molecule has 11 heavy (non-hydrogen) atoms. The van der Waals surface area contributed by atoms with Crippen LogP contribution in [-0.2, 0) is 18.1 Å². The average molecular weight is 176 g/mol. The minimum Gasteiger partial charge on any atom is -0.499 e. The van der Waals surface area contributed by atoms with Crippen molar-refractivity contribution in [1.82, 2.24) is 0 Å². The molecule has 0 spiro atoms. The first-order valence-corrected chi connectivity index (χ1v) is 4.45. The van der Waals surface area contributed by atoms with Gasteiger partial charge in [-0.3, -0.25) is 4.46 Å². The molecule has 0 aromatic rings. The van der Waals surface area contributed by atoms with Crippen molar-refractivity contribution in [2.24, 2.45) is 0 Å². The summed E-state index contributed by atoms with van der Waals surface area (Å²) in [5.74, 6) is 0. The SMILES string of the molecule is C=CC(OCC)O[Si](=O)OC. The van der Waals surface area contributed by atoms with Gasteiger partial charge in [-0.2, -0.15) is 0 Å². The van der Waals surface area contributed by atoms with Crippen LogP contribution in [0, 0.1) is 0 Å². The van der Waals surface area contributed by atoms with Crippen molar-refractivity contribution in [2.45, 2.75) is 13.2 Å². The van der Waals surface area contributed by atoms with Crippen LogP contribution in [0.15, 0.2) is 12.7 Å². The summed E-state index contributed by atoms with van der Waals surface area (Å²) in [5.41, 5.74) is 0. The third-order valence-corrected chi connectivity index (χ3v) is 1.66. The van der Waals surface area contributed by atoms with Gasteiger partial charge < -0.3 is 13.6 Å². The van der Waals surface area contributed by atoms with Crippen LogP contribution in [0.5, 0.6) is 0 Å². The molecule has 0 aliphatic heterocycles. The van der Waals surface area contributed by atoms with E-state index in [9.17, 15) is 4.46 Å². The van der Waals surface area contributed by atoms with E-state index in [4.69, 9.17) is 9.16 Å². The van der Waals surface area contributed by atoms with Gasteiger partial charge in [-0.15, -0.1) is 0 Å². The summed E-state index contributed by atoms with van der Waals surface area (Å²) in [7, 11) is -1.10. The fourth-order valence-corrected chi connectivity index (χ4v) is 0.908. The summed E-state index contributed by atoms with van der Waals surface area (Å²) in [6, 6.07) is 0. The third-order valence-electron chi connectivity index (χ3n) is 0.902. The monoisotopic (exact) mass is 176 g/mol. The lowest BCUT2D eigenvalue weighted by Gasteiger charge is -2.11. The molecule has 0 bridgehead atoms. The summed E-state index contributed by atoms with van der Waals surface area (Å²) in [4.78, 5) is 0. The molecule has 0 radical (unpaired) electrons. The molecule has 0 aliphatic carbocycles. The Hall–Kier alpha value is -0.683. The van der Waals surface area contributed by atoms with E-state index in [0.29, 0.717) is 6.61 Å². The largest absolute Gasteiger partial charge is 0.769 e. The average Bonchev–Trinajstić information content (AvgIpc) is 2.03. The van der Waals surface area contributed by atoms with Crippen LogP contribution in [0.1, 0.15) is 6.92 Å².